The normalized spacial score (nSPS) is 11.8. The Labute approximate surface area is 97.9 Å². The van der Waals surface area contributed by atoms with Crippen LogP contribution in [0.25, 0.3) is 0 Å². The quantitative estimate of drug-likeness (QED) is 0.802. The van der Waals surface area contributed by atoms with Crippen molar-refractivity contribution in [3.63, 3.8) is 0 Å². The van der Waals surface area contributed by atoms with Gasteiger partial charge in [-0.05, 0) is 43.4 Å². The predicted octanol–water partition coefficient (Wildman–Crippen LogP) is 2.23. The van der Waals surface area contributed by atoms with Gasteiger partial charge >= 0.3 is 0 Å². The summed E-state index contributed by atoms with van der Waals surface area (Å²) < 4.78 is 0. The molecule has 0 amide bonds. The predicted molar refractivity (Wildman–Crippen MR) is 66.5 cm³/mol. The zero-order valence-electron chi connectivity index (χ0n) is 10.5. The lowest BCUT2D eigenvalue weighted by molar-refractivity contribution is 0.0512. The maximum absolute atomic E-state index is 9.46. The second-order valence-corrected chi connectivity index (χ2v) is 4.72. The maximum atomic E-state index is 9.46. The van der Waals surface area contributed by atoms with Crippen molar-refractivity contribution in [3.05, 3.63) is 34.9 Å². The van der Waals surface area contributed by atoms with E-state index in [2.05, 4.69) is 26.0 Å². The topological polar surface area (TPSA) is 40.5 Å². The molecule has 0 bridgehead atoms. The highest BCUT2D eigenvalue weighted by Gasteiger charge is 2.28. The molecule has 0 saturated heterocycles. The van der Waals surface area contributed by atoms with Gasteiger partial charge in [0.15, 0.2) is 0 Å². The number of benzene rings is 1. The Kier molecular flexibility index (Phi) is 4.51. The van der Waals surface area contributed by atoms with Gasteiger partial charge in [0, 0.05) is 5.41 Å². The van der Waals surface area contributed by atoms with E-state index < -0.39 is 0 Å². The molecule has 0 aliphatic heterocycles. The van der Waals surface area contributed by atoms with Crippen LogP contribution < -0.4 is 0 Å². The summed E-state index contributed by atoms with van der Waals surface area (Å²) in [5, 5.41) is 18.9. The van der Waals surface area contributed by atoms with Crippen LogP contribution in [0.15, 0.2) is 18.2 Å². The first-order chi connectivity index (χ1) is 7.58. The van der Waals surface area contributed by atoms with Crippen LogP contribution in [0.1, 0.15) is 30.0 Å². The number of hydrogen-bond donors (Lipinski definition) is 2. The van der Waals surface area contributed by atoms with E-state index in [1.165, 1.54) is 16.7 Å². The second kappa shape index (κ2) is 5.46. The molecule has 0 spiro atoms. The summed E-state index contributed by atoms with van der Waals surface area (Å²) in [5.41, 5.74) is 3.35. The van der Waals surface area contributed by atoms with Crippen LogP contribution in [0.2, 0.25) is 0 Å². The molecule has 0 heterocycles. The van der Waals surface area contributed by atoms with Crippen LogP contribution in [0.4, 0.5) is 0 Å². The summed E-state index contributed by atoms with van der Waals surface area (Å²) >= 11 is 0. The Morgan fingerprint density at radius 1 is 1.06 bits per heavy atom. The highest BCUT2D eigenvalue weighted by molar-refractivity contribution is 5.34. The fraction of sp³-hybridized carbons (Fsp3) is 0.571. The lowest BCUT2D eigenvalue weighted by atomic mass is 9.78. The third kappa shape index (κ3) is 2.63. The summed E-state index contributed by atoms with van der Waals surface area (Å²) in [6, 6.07) is 6.20. The minimum atomic E-state index is -0.378. The molecule has 1 rings (SSSR count). The van der Waals surface area contributed by atoms with Crippen molar-refractivity contribution in [1.29, 1.82) is 0 Å². The summed E-state index contributed by atoms with van der Waals surface area (Å²) in [6.07, 6.45) is 1.53. The number of aliphatic hydroxyl groups is 2. The van der Waals surface area contributed by atoms with Crippen molar-refractivity contribution in [1.82, 2.24) is 0 Å². The SMILES string of the molecule is CCC(CO)(CO)Cc1c(C)cccc1C. The molecule has 2 nitrogen and oxygen atoms in total. The van der Waals surface area contributed by atoms with Gasteiger partial charge in [0.2, 0.25) is 0 Å². The minimum absolute atomic E-state index is 0.0355. The summed E-state index contributed by atoms with van der Waals surface area (Å²) in [7, 11) is 0. The van der Waals surface area contributed by atoms with E-state index in [0.717, 1.165) is 12.8 Å². The molecule has 1 aromatic carbocycles. The van der Waals surface area contributed by atoms with Gasteiger partial charge in [-0.25, -0.2) is 0 Å². The van der Waals surface area contributed by atoms with E-state index in [4.69, 9.17) is 0 Å². The Morgan fingerprint density at radius 3 is 1.94 bits per heavy atom. The molecule has 0 aromatic heterocycles. The molecule has 0 aliphatic carbocycles. The van der Waals surface area contributed by atoms with E-state index in [0.29, 0.717) is 0 Å². The summed E-state index contributed by atoms with van der Waals surface area (Å²) in [4.78, 5) is 0. The highest BCUT2D eigenvalue weighted by atomic mass is 16.3. The van der Waals surface area contributed by atoms with Gasteiger partial charge in [0.1, 0.15) is 0 Å². The first kappa shape index (κ1) is 13.2. The van der Waals surface area contributed by atoms with Crippen molar-refractivity contribution in [2.75, 3.05) is 13.2 Å². The molecule has 90 valence electrons. The van der Waals surface area contributed by atoms with Gasteiger partial charge in [0.25, 0.3) is 0 Å². The second-order valence-electron chi connectivity index (χ2n) is 4.72. The van der Waals surface area contributed by atoms with Crippen LogP contribution in [0.5, 0.6) is 0 Å². The molecule has 0 aliphatic rings. The fourth-order valence-corrected chi connectivity index (χ4v) is 2.01. The monoisotopic (exact) mass is 222 g/mol. The van der Waals surface area contributed by atoms with E-state index >= 15 is 0 Å². The average molecular weight is 222 g/mol. The molecule has 0 fully saturated rings. The van der Waals surface area contributed by atoms with E-state index in [-0.39, 0.29) is 18.6 Å². The molecule has 0 unspecified atom stereocenters. The number of aliphatic hydroxyl groups excluding tert-OH is 2. The molecule has 2 N–H and O–H groups in total. The Morgan fingerprint density at radius 2 is 1.56 bits per heavy atom. The van der Waals surface area contributed by atoms with Crippen LogP contribution in [-0.2, 0) is 6.42 Å². The van der Waals surface area contributed by atoms with Gasteiger partial charge in [0.05, 0.1) is 13.2 Å². The van der Waals surface area contributed by atoms with Crippen molar-refractivity contribution in [3.8, 4) is 0 Å². The van der Waals surface area contributed by atoms with Gasteiger partial charge in [-0.15, -0.1) is 0 Å². The van der Waals surface area contributed by atoms with Crippen LogP contribution in [0, 0.1) is 19.3 Å². The van der Waals surface area contributed by atoms with Crippen LogP contribution >= 0.6 is 0 Å². The van der Waals surface area contributed by atoms with Crippen molar-refractivity contribution >= 4 is 0 Å². The van der Waals surface area contributed by atoms with Gasteiger partial charge in [-0.2, -0.15) is 0 Å². The zero-order valence-corrected chi connectivity index (χ0v) is 10.5. The van der Waals surface area contributed by atoms with Gasteiger partial charge < -0.3 is 10.2 Å². The Balaban J connectivity index is 3.02. The first-order valence-electron chi connectivity index (χ1n) is 5.85. The van der Waals surface area contributed by atoms with E-state index in [1.807, 2.05) is 13.0 Å². The van der Waals surface area contributed by atoms with Crippen molar-refractivity contribution < 1.29 is 10.2 Å². The van der Waals surface area contributed by atoms with Gasteiger partial charge in [-0.1, -0.05) is 25.1 Å². The molecule has 1 aromatic rings. The van der Waals surface area contributed by atoms with Crippen LogP contribution in [0.3, 0.4) is 0 Å². The largest absolute Gasteiger partial charge is 0.396 e. The molecule has 0 radical (unpaired) electrons. The molecule has 2 heteroatoms. The summed E-state index contributed by atoms with van der Waals surface area (Å²) in [5.74, 6) is 0. The maximum Gasteiger partial charge on any atom is 0.0512 e. The molecule has 16 heavy (non-hydrogen) atoms. The van der Waals surface area contributed by atoms with E-state index in [1.54, 1.807) is 0 Å². The lowest BCUT2D eigenvalue weighted by Gasteiger charge is -2.29. The number of hydrogen-bond acceptors (Lipinski definition) is 2. The Hall–Kier alpha value is -0.860. The lowest BCUT2D eigenvalue weighted by Crippen LogP contribution is -2.32. The summed E-state index contributed by atoms with van der Waals surface area (Å²) in [6.45, 7) is 6.25. The zero-order chi connectivity index (χ0) is 12.2. The fourth-order valence-electron chi connectivity index (χ4n) is 2.01. The standard InChI is InChI=1S/C14H22O2/c1-4-14(9-15,10-16)8-13-11(2)6-5-7-12(13)3/h5-7,15-16H,4,8-10H2,1-3H3. The molecular formula is C14H22O2. The van der Waals surface area contributed by atoms with Crippen LogP contribution in [-0.4, -0.2) is 23.4 Å². The smallest absolute Gasteiger partial charge is 0.0512 e. The first-order valence-corrected chi connectivity index (χ1v) is 5.85. The third-order valence-electron chi connectivity index (χ3n) is 3.62. The number of aryl methyl sites for hydroxylation is 2. The minimum Gasteiger partial charge on any atom is -0.396 e. The van der Waals surface area contributed by atoms with Gasteiger partial charge in [-0.3, -0.25) is 0 Å². The van der Waals surface area contributed by atoms with E-state index in [9.17, 15) is 10.2 Å². The highest BCUT2D eigenvalue weighted by Crippen LogP contribution is 2.29. The molecule has 0 saturated carbocycles. The average Bonchev–Trinajstić information content (AvgIpc) is 2.30. The van der Waals surface area contributed by atoms with Crippen molar-refractivity contribution in [2.24, 2.45) is 5.41 Å². The number of rotatable bonds is 5. The Bertz CT molecular complexity index is 312. The molecule has 0 atom stereocenters. The third-order valence-corrected chi connectivity index (χ3v) is 3.62. The van der Waals surface area contributed by atoms with Crippen molar-refractivity contribution in [2.45, 2.75) is 33.6 Å². The molecular weight excluding hydrogens is 200 g/mol.